The smallest absolute Gasteiger partial charge is 0.263 e. The molecule has 2 N–H and O–H groups in total. The van der Waals surface area contributed by atoms with Crippen LogP contribution in [0.15, 0.2) is 18.2 Å². The number of carbonyl (C=O) groups excluding carboxylic acids is 1. The molecule has 7 nitrogen and oxygen atoms in total. The zero-order valence-corrected chi connectivity index (χ0v) is 17.8. The van der Waals surface area contributed by atoms with Gasteiger partial charge in [-0.15, -0.1) is 0 Å². The Morgan fingerprint density at radius 1 is 1.03 bits per heavy atom. The van der Waals surface area contributed by atoms with Crippen molar-refractivity contribution in [1.29, 1.82) is 0 Å². The molecule has 0 saturated heterocycles. The molecule has 0 bridgehead atoms. The van der Waals surface area contributed by atoms with Crippen LogP contribution >= 0.6 is 0 Å². The van der Waals surface area contributed by atoms with E-state index in [1.807, 2.05) is 20.8 Å². The second kappa shape index (κ2) is 10.0. The van der Waals surface area contributed by atoms with Crippen LogP contribution in [0.25, 0.3) is 11.1 Å². The van der Waals surface area contributed by atoms with Crippen molar-refractivity contribution in [2.45, 2.75) is 40.0 Å². The Bertz CT molecular complexity index is 841. The largest absolute Gasteiger partial charge is 0.506 e. The van der Waals surface area contributed by atoms with E-state index >= 15 is 0 Å². The van der Waals surface area contributed by atoms with Crippen LogP contribution in [0.2, 0.25) is 0 Å². The molecule has 0 fully saturated rings. The summed E-state index contributed by atoms with van der Waals surface area (Å²) in [4.78, 5) is 18.8. The molecule has 0 atom stereocenters. The first-order valence-corrected chi connectivity index (χ1v) is 9.90. The van der Waals surface area contributed by atoms with Crippen molar-refractivity contribution in [2.24, 2.45) is 0 Å². The van der Waals surface area contributed by atoms with Crippen LogP contribution in [0.3, 0.4) is 0 Å². The fourth-order valence-electron chi connectivity index (χ4n) is 3.36. The predicted octanol–water partition coefficient (Wildman–Crippen LogP) is 4.00. The number of pyridine rings is 1. The molecule has 0 saturated carbocycles. The van der Waals surface area contributed by atoms with E-state index < -0.39 is 11.8 Å². The van der Waals surface area contributed by atoms with Crippen LogP contribution < -0.4 is 9.47 Å². The summed E-state index contributed by atoms with van der Waals surface area (Å²) in [6.07, 6.45) is 2.24. The highest BCUT2D eigenvalue weighted by Gasteiger charge is 2.30. The van der Waals surface area contributed by atoms with Crippen molar-refractivity contribution in [3.8, 4) is 34.3 Å². The lowest BCUT2D eigenvalue weighted by Gasteiger charge is -2.23. The van der Waals surface area contributed by atoms with Crippen molar-refractivity contribution in [3.63, 3.8) is 0 Å². The minimum atomic E-state index is -0.477. The first kappa shape index (κ1) is 22.3. The maximum absolute atomic E-state index is 13.0. The standard InChI is InChI=1S/C22H30N2O5/c1-6-9-11-14-17(18-15(28-4)12-10-13-16(18)29-5)20(25)19(21(26)23-14)22(27)24(7-2)8-3/h10,12-13H,6-9,11H2,1-5H3,(H2,23,25,26). The molecular formula is C22H30N2O5. The number of aromatic nitrogens is 1. The lowest BCUT2D eigenvalue weighted by Crippen LogP contribution is -2.30. The molecular weight excluding hydrogens is 372 g/mol. The number of rotatable bonds is 9. The quantitative estimate of drug-likeness (QED) is 0.659. The van der Waals surface area contributed by atoms with Crippen LogP contribution in [0, 0.1) is 0 Å². The van der Waals surface area contributed by atoms with Crippen LogP contribution in [-0.4, -0.2) is 53.3 Å². The van der Waals surface area contributed by atoms with Gasteiger partial charge in [0.15, 0.2) is 0 Å². The number of amides is 1. The molecule has 0 aliphatic rings. The van der Waals surface area contributed by atoms with Gasteiger partial charge in [-0.25, -0.2) is 4.98 Å². The number of nitrogens with zero attached hydrogens (tertiary/aromatic N) is 2. The number of hydrogen-bond donors (Lipinski definition) is 2. The van der Waals surface area contributed by atoms with Gasteiger partial charge in [-0.3, -0.25) is 4.79 Å². The third-order valence-corrected chi connectivity index (χ3v) is 4.94. The summed E-state index contributed by atoms with van der Waals surface area (Å²) in [5.74, 6) is -0.307. The minimum absolute atomic E-state index is 0.211. The lowest BCUT2D eigenvalue weighted by molar-refractivity contribution is 0.0766. The second-order valence-electron chi connectivity index (χ2n) is 6.60. The van der Waals surface area contributed by atoms with Gasteiger partial charge in [-0.05, 0) is 38.8 Å². The van der Waals surface area contributed by atoms with Gasteiger partial charge in [0.25, 0.3) is 5.91 Å². The fraction of sp³-hybridized carbons (Fsp3) is 0.455. The molecule has 0 aliphatic heterocycles. The van der Waals surface area contributed by atoms with Gasteiger partial charge in [0, 0.05) is 13.1 Å². The highest BCUT2D eigenvalue weighted by Crippen LogP contribution is 2.47. The molecule has 7 heteroatoms. The summed E-state index contributed by atoms with van der Waals surface area (Å²) in [7, 11) is 3.05. The molecule has 0 spiro atoms. The van der Waals surface area contributed by atoms with Crippen molar-refractivity contribution in [1.82, 2.24) is 9.88 Å². The highest BCUT2D eigenvalue weighted by molar-refractivity contribution is 6.02. The highest BCUT2D eigenvalue weighted by atomic mass is 16.5. The summed E-state index contributed by atoms with van der Waals surface area (Å²) >= 11 is 0. The Morgan fingerprint density at radius 3 is 2.10 bits per heavy atom. The van der Waals surface area contributed by atoms with Crippen LogP contribution in [0.4, 0.5) is 0 Å². The van der Waals surface area contributed by atoms with Gasteiger partial charge in [0.05, 0.1) is 31.0 Å². The third kappa shape index (κ3) is 4.39. The monoisotopic (exact) mass is 402 g/mol. The Balaban J connectivity index is 2.86. The predicted molar refractivity (Wildman–Crippen MR) is 112 cm³/mol. The first-order chi connectivity index (χ1) is 13.9. The van der Waals surface area contributed by atoms with E-state index in [4.69, 9.17) is 9.47 Å². The number of benzene rings is 1. The van der Waals surface area contributed by atoms with E-state index in [-0.39, 0.29) is 11.3 Å². The molecule has 1 amide bonds. The van der Waals surface area contributed by atoms with E-state index in [0.29, 0.717) is 47.8 Å². The van der Waals surface area contributed by atoms with Gasteiger partial charge < -0.3 is 24.6 Å². The summed E-state index contributed by atoms with van der Waals surface area (Å²) in [6.45, 7) is 6.60. The molecule has 2 rings (SSSR count). The van der Waals surface area contributed by atoms with E-state index in [1.165, 1.54) is 19.1 Å². The number of unbranched alkanes of at least 4 members (excludes halogenated alkanes) is 1. The molecule has 1 heterocycles. The van der Waals surface area contributed by atoms with Gasteiger partial charge >= 0.3 is 0 Å². The summed E-state index contributed by atoms with van der Waals surface area (Å²) < 4.78 is 11.0. The van der Waals surface area contributed by atoms with Crippen molar-refractivity contribution >= 4 is 5.91 Å². The number of carbonyl (C=O) groups is 1. The zero-order chi connectivity index (χ0) is 21.6. The normalized spacial score (nSPS) is 10.7. The molecule has 0 unspecified atom stereocenters. The van der Waals surface area contributed by atoms with E-state index in [1.54, 1.807) is 18.2 Å². The fourth-order valence-corrected chi connectivity index (χ4v) is 3.36. The van der Waals surface area contributed by atoms with Gasteiger partial charge in [0.2, 0.25) is 5.88 Å². The maximum Gasteiger partial charge on any atom is 0.263 e. The van der Waals surface area contributed by atoms with Crippen LogP contribution in [-0.2, 0) is 6.42 Å². The third-order valence-electron chi connectivity index (χ3n) is 4.94. The molecule has 1 aromatic carbocycles. The maximum atomic E-state index is 13.0. The van der Waals surface area contributed by atoms with Crippen LogP contribution in [0.1, 0.15) is 49.7 Å². The topological polar surface area (TPSA) is 92.1 Å². The first-order valence-electron chi connectivity index (χ1n) is 9.90. The number of aromatic hydroxyl groups is 2. The lowest BCUT2D eigenvalue weighted by atomic mass is 9.95. The Hall–Kier alpha value is -2.96. The van der Waals surface area contributed by atoms with E-state index in [0.717, 1.165) is 12.8 Å². The number of ether oxygens (including phenoxy) is 2. The Kier molecular flexibility index (Phi) is 7.70. The molecule has 2 aromatic rings. The number of aryl methyl sites for hydroxylation is 1. The molecule has 1 aromatic heterocycles. The Morgan fingerprint density at radius 2 is 1.62 bits per heavy atom. The SMILES string of the molecule is CCCCc1nc(O)c(C(=O)N(CC)CC)c(O)c1-c1c(OC)cccc1OC. The molecule has 0 radical (unpaired) electrons. The molecule has 29 heavy (non-hydrogen) atoms. The van der Waals surface area contributed by atoms with E-state index in [9.17, 15) is 15.0 Å². The van der Waals surface area contributed by atoms with E-state index in [2.05, 4.69) is 4.98 Å². The van der Waals surface area contributed by atoms with Crippen molar-refractivity contribution in [2.75, 3.05) is 27.3 Å². The Labute approximate surface area is 171 Å². The minimum Gasteiger partial charge on any atom is -0.506 e. The summed E-state index contributed by atoms with van der Waals surface area (Å²) in [5, 5.41) is 21.7. The van der Waals surface area contributed by atoms with Gasteiger partial charge in [0.1, 0.15) is 22.8 Å². The van der Waals surface area contributed by atoms with Crippen molar-refractivity contribution < 1.29 is 24.5 Å². The summed E-state index contributed by atoms with van der Waals surface area (Å²) in [5.41, 5.74) is 1.13. The number of methoxy groups -OCH3 is 2. The summed E-state index contributed by atoms with van der Waals surface area (Å²) in [6, 6.07) is 5.28. The van der Waals surface area contributed by atoms with Gasteiger partial charge in [-0.1, -0.05) is 19.4 Å². The molecule has 0 aliphatic carbocycles. The average molecular weight is 402 g/mol. The second-order valence-corrected chi connectivity index (χ2v) is 6.60. The van der Waals surface area contributed by atoms with Crippen LogP contribution in [0.5, 0.6) is 23.1 Å². The number of hydrogen-bond acceptors (Lipinski definition) is 6. The zero-order valence-electron chi connectivity index (χ0n) is 17.8. The average Bonchev–Trinajstić information content (AvgIpc) is 2.72. The van der Waals surface area contributed by atoms with Crippen molar-refractivity contribution in [3.05, 3.63) is 29.5 Å². The molecule has 158 valence electrons. The van der Waals surface area contributed by atoms with Gasteiger partial charge in [-0.2, -0.15) is 0 Å².